The van der Waals surface area contributed by atoms with Gasteiger partial charge in [-0.05, 0) is 18.0 Å². The number of ether oxygens (including phenoxy) is 1. The number of halogens is 1. The van der Waals surface area contributed by atoms with E-state index in [2.05, 4.69) is 26.9 Å². The van der Waals surface area contributed by atoms with Crippen LogP contribution in [0.3, 0.4) is 0 Å². The van der Waals surface area contributed by atoms with Crippen LogP contribution in [-0.2, 0) is 0 Å². The maximum absolute atomic E-state index is 5.80. The summed E-state index contributed by atoms with van der Waals surface area (Å²) in [7, 11) is 0. The topological polar surface area (TPSA) is 65.7 Å². The van der Waals surface area contributed by atoms with Crippen LogP contribution in [0, 0.1) is 0 Å². The van der Waals surface area contributed by atoms with Crippen molar-refractivity contribution in [2.75, 3.05) is 6.61 Å². The van der Waals surface area contributed by atoms with Gasteiger partial charge in [0.25, 0.3) is 0 Å². The van der Waals surface area contributed by atoms with E-state index in [0.29, 0.717) is 12.6 Å². The number of unbranched alkanes of at least 4 members (excludes halogenated alkanes) is 1. The van der Waals surface area contributed by atoms with Crippen LogP contribution < -0.4 is 4.74 Å². The lowest BCUT2D eigenvalue weighted by Gasteiger charge is -2.05. The first-order chi connectivity index (χ1) is 8.29. The van der Waals surface area contributed by atoms with Gasteiger partial charge in [0.15, 0.2) is 0 Å². The normalized spacial score (nSPS) is 10.5. The Hall–Kier alpha value is -1.69. The quantitative estimate of drug-likeness (QED) is 0.762. The van der Waals surface area contributed by atoms with E-state index in [1.54, 1.807) is 23.3 Å². The largest absolute Gasteiger partial charge is 0.463 e. The van der Waals surface area contributed by atoms with Gasteiger partial charge in [0, 0.05) is 12.4 Å². The zero-order valence-electron chi connectivity index (χ0n) is 9.38. The fraction of sp³-hybridized carbons (Fsp3) is 0.400. The first kappa shape index (κ1) is 11.8. The van der Waals surface area contributed by atoms with Crippen LogP contribution >= 0.6 is 11.6 Å². The first-order valence-electron chi connectivity index (χ1n) is 5.32. The van der Waals surface area contributed by atoms with Crippen molar-refractivity contribution in [1.82, 2.24) is 24.5 Å². The van der Waals surface area contributed by atoms with Crippen LogP contribution in [0.25, 0.3) is 5.95 Å². The number of aromatic nitrogens is 5. The molecule has 0 atom stereocenters. The second-order valence-corrected chi connectivity index (χ2v) is 3.70. The molecule has 0 aromatic carbocycles. The van der Waals surface area contributed by atoms with Crippen LogP contribution in [-0.4, -0.2) is 31.1 Å². The summed E-state index contributed by atoms with van der Waals surface area (Å²) in [6, 6.07) is 0.238. The lowest BCUT2D eigenvalue weighted by molar-refractivity contribution is 0.284. The molecule has 0 unspecified atom stereocenters. The standard InChI is InChI=1S/C10H12ClN5O/c1-2-3-6-17-10-14-8(11)13-9(15-10)16-5-4-12-7-16/h4-5,7H,2-3,6H2,1H3. The third kappa shape index (κ3) is 3.13. The highest BCUT2D eigenvalue weighted by Gasteiger charge is 2.07. The van der Waals surface area contributed by atoms with Gasteiger partial charge in [-0.1, -0.05) is 13.3 Å². The summed E-state index contributed by atoms with van der Waals surface area (Å²) in [5.41, 5.74) is 0. The molecule has 0 amide bonds. The number of nitrogens with zero attached hydrogens (tertiary/aromatic N) is 5. The van der Waals surface area contributed by atoms with Crippen molar-refractivity contribution >= 4 is 11.6 Å². The molecule has 2 rings (SSSR count). The van der Waals surface area contributed by atoms with E-state index >= 15 is 0 Å². The maximum atomic E-state index is 5.80. The van der Waals surface area contributed by atoms with Gasteiger partial charge < -0.3 is 4.74 Å². The summed E-state index contributed by atoms with van der Waals surface area (Å²) in [5, 5.41) is 0.107. The van der Waals surface area contributed by atoms with E-state index in [1.807, 2.05) is 0 Å². The molecule has 2 aromatic rings. The van der Waals surface area contributed by atoms with Crippen LogP contribution in [0.5, 0.6) is 6.01 Å². The molecule has 0 N–H and O–H groups in total. The summed E-state index contributed by atoms with van der Waals surface area (Å²) >= 11 is 5.80. The minimum atomic E-state index is 0.107. The Morgan fingerprint density at radius 3 is 2.94 bits per heavy atom. The summed E-state index contributed by atoms with van der Waals surface area (Å²) in [6.45, 7) is 2.65. The SMILES string of the molecule is CCCCOc1nc(Cl)nc(-n2ccnc2)n1. The molecule has 0 saturated carbocycles. The first-order valence-corrected chi connectivity index (χ1v) is 5.70. The Bertz CT molecular complexity index is 474. The Labute approximate surface area is 104 Å². The Morgan fingerprint density at radius 1 is 1.35 bits per heavy atom. The van der Waals surface area contributed by atoms with Crippen molar-refractivity contribution in [1.29, 1.82) is 0 Å². The minimum absolute atomic E-state index is 0.107. The van der Waals surface area contributed by atoms with Gasteiger partial charge in [-0.25, -0.2) is 4.98 Å². The highest BCUT2D eigenvalue weighted by Crippen LogP contribution is 2.11. The van der Waals surface area contributed by atoms with Crippen molar-refractivity contribution in [2.24, 2.45) is 0 Å². The van der Waals surface area contributed by atoms with Gasteiger partial charge in [0.2, 0.25) is 11.2 Å². The molecule has 7 heteroatoms. The maximum Gasteiger partial charge on any atom is 0.322 e. The zero-order valence-corrected chi connectivity index (χ0v) is 10.1. The second kappa shape index (κ2) is 5.58. The second-order valence-electron chi connectivity index (χ2n) is 3.36. The minimum Gasteiger partial charge on any atom is -0.463 e. The smallest absolute Gasteiger partial charge is 0.322 e. The van der Waals surface area contributed by atoms with Crippen molar-refractivity contribution in [3.8, 4) is 12.0 Å². The lowest BCUT2D eigenvalue weighted by Crippen LogP contribution is -2.06. The van der Waals surface area contributed by atoms with E-state index in [1.165, 1.54) is 0 Å². The van der Waals surface area contributed by atoms with Gasteiger partial charge in [0.1, 0.15) is 6.33 Å². The van der Waals surface area contributed by atoms with E-state index in [4.69, 9.17) is 16.3 Å². The van der Waals surface area contributed by atoms with Gasteiger partial charge in [-0.2, -0.15) is 15.0 Å². The molecule has 0 bridgehead atoms. The number of hydrogen-bond acceptors (Lipinski definition) is 5. The van der Waals surface area contributed by atoms with Crippen molar-refractivity contribution < 1.29 is 4.74 Å². The van der Waals surface area contributed by atoms with Crippen LogP contribution in [0.2, 0.25) is 5.28 Å². The Kier molecular flexibility index (Phi) is 3.87. The van der Waals surface area contributed by atoms with Crippen molar-refractivity contribution in [3.63, 3.8) is 0 Å². The van der Waals surface area contributed by atoms with Crippen molar-refractivity contribution in [2.45, 2.75) is 19.8 Å². The van der Waals surface area contributed by atoms with E-state index in [-0.39, 0.29) is 11.3 Å². The molecular formula is C10H12ClN5O. The Morgan fingerprint density at radius 2 is 2.24 bits per heavy atom. The molecule has 0 saturated heterocycles. The van der Waals surface area contributed by atoms with Crippen LogP contribution in [0.4, 0.5) is 0 Å². The molecule has 0 aliphatic rings. The van der Waals surface area contributed by atoms with E-state index in [9.17, 15) is 0 Å². The fourth-order valence-electron chi connectivity index (χ4n) is 1.19. The van der Waals surface area contributed by atoms with E-state index in [0.717, 1.165) is 12.8 Å². The van der Waals surface area contributed by atoms with Gasteiger partial charge >= 0.3 is 6.01 Å². The third-order valence-corrected chi connectivity index (χ3v) is 2.21. The summed E-state index contributed by atoms with van der Waals surface area (Å²) in [5.74, 6) is 0.397. The summed E-state index contributed by atoms with van der Waals surface area (Å²) in [4.78, 5) is 15.9. The van der Waals surface area contributed by atoms with Gasteiger partial charge in [-0.15, -0.1) is 0 Å². The van der Waals surface area contributed by atoms with Crippen LogP contribution in [0.15, 0.2) is 18.7 Å². The average Bonchev–Trinajstić information content (AvgIpc) is 2.82. The summed E-state index contributed by atoms with van der Waals surface area (Å²) < 4.78 is 7.02. The number of imidazole rings is 1. The molecule has 0 fully saturated rings. The lowest BCUT2D eigenvalue weighted by atomic mass is 10.4. The molecule has 0 aliphatic carbocycles. The molecule has 2 heterocycles. The number of rotatable bonds is 5. The Balaban J connectivity index is 2.18. The molecular weight excluding hydrogens is 242 g/mol. The zero-order chi connectivity index (χ0) is 12.1. The molecule has 2 aromatic heterocycles. The van der Waals surface area contributed by atoms with E-state index < -0.39 is 0 Å². The van der Waals surface area contributed by atoms with Gasteiger partial charge in [-0.3, -0.25) is 4.57 Å². The fourth-order valence-corrected chi connectivity index (χ4v) is 1.34. The third-order valence-electron chi connectivity index (χ3n) is 2.04. The molecule has 6 nitrogen and oxygen atoms in total. The molecule has 90 valence electrons. The highest BCUT2D eigenvalue weighted by atomic mass is 35.5. The monoisotopic (exact) mass is 253 g/mol. The highest BCUT2D eigenvalue weighted by molar-refractivity contribution is 6.28. The predicted octanol–water partition coefficient (Wildman–Crippen LogP) is 1.89. The predicted molar refractivity (Wildman–Crippen MR) is 62.4 cm³/mol. The molecule has 17 heavy (non-hydrogen) atoms. The molecule has 0 spiro atoms. The van der Waals surface area contributed by atoms with Crippen LogP contribution in [0.1, 0.15) is 19.8 Å². The molecule has 0 aliphatic heterocycles. The number of hydrogen-bond donors (Lipinski definition) is 0. The summed E-state index contributed by atoms with van der Waals surface area (Å²) in [6.07, 6.45) is 6.94. The molecule has 0 radical (unpaired) electrons. The van der Waals surface area contributed by atoms with Gasteiger partial charge in [0.05, 0.1) is 6.61 Å². The van der Waals surface area contributed by atoms with Crippen molar-refractivity contribution in [3.05, 3.63) is 24.0 Å². The average molecular weight is 254 g/mol.